The van der Waals surface area contributed by atoms with Crippen molar-refractivity contribution in [3.63, 3.8) is 0 Å². The summed E-state index contributed by atoms with van der Waals surface area (Å²) in [6, 6.07) is 7.99. The molecule has 0 bridgehead atoms. The summed E-state index contributed by atoms with van der Waals surface area (Å²) in [5.41, 5.74) is 6.69. The lowest BCUT2D eigenvalue weighted by Crippen LogP contribution is -2.05. The molecule has 0 aromatic heterocycles. The van der Waals surface area contributed by atoms with Gasteiger partial charge in [-0.2, -0.15) is 0 Å². The van der Waals surface area contributed by atoms with Gasteiger partial charge in [-0.15, -0.1) is 12.3 Å². The van der Waals surface area contributed by atoms with E-state index in [0.29, 0.717) is 13.2 Å². The minimum Gasteiger partial charge on any atom is -0.493 e. The van der Waals surface area contributed by atoms with Gasteiger partial charge < -0.3 is 10.5 Å². The third-order valence-corrected chi connectivity index (χ3v) is 2.11. The monoisotopic (exact) mass is 203 g/mol. The Morgan fingerprint density at radius 1 is 1.33 bits per heavy atom. The molecule has 0 unspecified atom stereocenters. The fraction of sp³-hybridized carbons (Fsp3) is 0.385. The van der Waals surface area contributed by atoms with Crippen LogP contribution in [0.25, 0.3) is 0 Å². The second-order valence-corrected chi connectivity index (χ2v) is 3.30. The van der Waals surface area contributed by atoms with Crippen LogP contribution in [0.3, 0.4) is 0 Å². The molecule has 80 valence electrons. The van der Waals surface area contributed by atoms with Crippen molar-refractivity contribution >= 4 is 0 Å². The van der Waals surface area contributed by atoms with E-state index in [1.54, 1.807) is 0 Å². The van der Waals surface area contributed by atoms with E-state index in [4.69, 9.17) is 16.9 Å². The zero-order valence-corrected chi connectivity index (χ0v) is 8.91. The molecule has 0 saturated carbocycles. The van der Waals surface area contributed by atoms with Crippen LogP contribution in [-0.2, 0) is 6.42 Å². The standard InChI is InChI=1S/C13H17NO/c1-2-3-6-11-15-13-8-5-4-7-12(13)9-10-14/h1,4-5,7-8H,3,6,9-11,14H2. The van der Waals surface area contributed by atoms with Crippen molar-refractivity contribution in [2.75, 3.05) is 13.2 Å². The molecule has 0 amide bonds. The average Bonchev–Trinajstić information content (AvgIpc) is 2.27. The van der Waals surface area contributed by atoms with E-state index in [1.807, 2.05) is 24.3 Å². The number of nitrogens with two attached hydrogens (primary N) is 1. The Morgan fingerprint density at radius 2 is 2.13 bits per heavy atom. The first kappa shape index (κ1) is 11.6. The van der Waals surface area contributed by atoms with Crippen LogP contribution in [-0.4, -0.2) is 13.2 Å². The van der Waals surface area contributed by atoms with Crippen molar-refractivity contribution in [2.24, 2.45) is 5.73 Å². The molecule has 2 N–H and O–H groups in total. The lowest BCUT2D eigenvalue weighted by Gasteiger charge is -2.09. The van der Waals surface area contributed by atoms with Crippen LogP contribution in [0.5, 0.6) is 5.75 Å². The Hall–Kier alpha value is -1.46. The number of terminal acetylenes is 1. The van der Waals surface area contributed by atoms with Gasteiger partial charge in [0.1, 0.15) is 5.75 Å². The van der Waals surface area contributed by atoms with Crippen molar-refractivity contribution in [1.29, 1.82) is 0 Å². The Balaban J connectivity index is 2.48. The highest BCUT2D eigenvalue weighted by Crippen LogP contribution is 2.18. The predicted octanol–water partition coefficient (Wildman–Crippen LogP) is 1.98. The van der Waals surface area contributed by atoms with Gasteiger partial charge >= 0.3 is 0 Å². The molecule has 0 spiro atoms. The zero-order chi connectivity index (χ0) is 10.9. The lowest BCUT2D eigenvalue weighted by molar-refractivity contribution is 0.310. The van der Waals surface area contributed by atoms with Crippen molar-refractivity contribution in [3.8, 4) is 18.1 Å². The molecule has 0 aliphatic carbocycles. The molecule has 1 aromatic rings. The third kappa shape index (κ3) is 4.05. The third-order valence-electron chi connectivity index (χ3n) is 2.11. The molecule has 1 aromatic carbocycles. The van der Waals surface area contributed by atoms with Gasteiger partial charge in [-0.3, -0.25) is 0 Å². The van der Waals surface area contributed by atoms with Crippen LogP contribution < -0.4 is 10.5 Å². The molecular formula is C13H17NO. The Morgan fingerprint density at radius 3 is 2.87 bits per heavy atom. The van der Waals surface area contributed by atoms with Crippen LogP contribution in [0.2, 0.25) is 0 Å². The fourth-order valence-corrected chi connectivity index (χ4v) is 1.36. The minimum atomic E-state index is 0.644. The van der Waals surface area contributed by atoms with Gasteiger partial charge in [0.2, 0.25) is 0 Å². The highest BCUT2D eigenvalue weighted by Gasteiger charge is 2.00. The second-order valence-electron chi connectivity index (χ2n) is 3.30. The maximum atomic E-state index is 5.64. The molecule has 2 heteroatoms. The van der Waals surface area contributed by atoms with E-state index in [-0.39, 0.29) is 0 Å². The summed E-state index contributed by atoms with van der Waals surface area (Å²) in [6.07, 6.45) is 7.68. The summed E-state index contributed by atoms with van der Waals surface area (Å²) < 4.78 is 5.64. The number of benzene rings is 1. The predicted molar refractivity (Wildman–Crippen MR) is 62.8 cm³/mol. The van der Waals surface area contributed by atoms with Crippen LogP contribution in [0.1, 0.15) is 18.4 Å². The SMILES string of the molecule is C#CCCCOc1ccccc1CCN. The van der Waals surface area contributed by atoms with E-state index < -0.39 is 0 Å². The zero-order valence-electron chi connectivity index (χ0n) is 8.91. The molecular weight excluding hydrogens is 186 g/mol. The summed E-state index contributed by atoms with van der Waals surface area (Å²) in [5, 5.41) is 0. The normalized spacial score (nSPS) is 9.60. The molecule has 0 aliphatic rings. The molecule has 0 radical (unpaired) electrons. The highest BCUT2D eigenvalue weighted by atomic mass is 16.5. The molecule has 0 fully saturated rings. The van der Waals surface area contributed by atoms with Gasteiger partial charge in [-0.25, -0.2) is 0 Å². The number of hydrogen-bond acceptors (Lipinski definition) is 2. The molecule has 0 heterocycles. The van der Waals surface area contributed by atoms with Gasteiger partial charge in [-0.1, -0.05) is 18.2 Å². The lowest BCUT2D eigenvalue weighted by atomic mass is 10.1. The number of ether oxygens (including phenoxy) is 1. The number of hydrogen-bond donors (Lipinski definition) is 1. The number of unbranched alkanes of at least 4 members (excludes halogenated alkanes) is 1. The first-order valence-corrected chi connectivity index (χ1v) is 5.22. The topological polar surface area (TPSA) is 35.2 Å². The fourth-order valence-electron chi connectivity index (χ4n) is 1.36. The minimum absolute atomic E-state index is 0.644. The van der Waals surface area contributed by atoms with Crippen molar-refractivity contribution < 1.29 is 4.74 Å². The highest BCUT2D eigenvalue weighted by molar-refractivity contribution is 5.33. The van der Waals surface area contributed by atoms with E-state index in [2.05, 4.69) is 5.92 Å². The van der Waals surface area contributed by atoms with Gasteiger partial charge in [0.25, 0.3) is 0 Å². The second kappa shape index (κ2) is 6.92. The molecule has 2 nitrogen and oxygen atoms in total. The van der Waals surface area contributed by atoms with Crippen LogP contribution in [0, 0.1) is 12.3 Å². The van der Waals surface area contributed by atoms with Crippen molar-refractivity contribution in [2.45, 2.75) is 19.3 Å². The van der Waals surface area contributed by atoms with Gasteiger partial charge in [0.15, 0.2) is 0 Å². The first-order valence-electron chi connectivity index (χ1n) is 5.22. The Labute approximate surface area is 91.4 Å². The quantitative estimate of drug-likeness (QED) is 0.567. The molecule has 15 heavy (non-hydrogen) atoms. The van der Waals surface area contributed by atoms with E-state index in [1.165, 1.54) is 5.56 Å². The molecule has 1 rings (SSSR count). The van der Waals surface area contributed by atoms with Gasteiger partial charge in [0, 0.05) is 6.42 Å². The van der Waals surface area contributed by atoms with E-state index in [0.717, 1.165) is 25.0 Å². The van der Waals surface area contributed by atoms with Crippen LogP contribution >= 0.6 is 0 Å². The first-order chi connectivity index (χ1) is 7.38. The number of rotatable bonds is 6. The number of para-hydroxylation sites is 1. The average molecular weight is 203 g/mol. The summed E-state index contributed by atoms with van der Waals surface area (Å²) in [4.78, 5) is 0. The van der Waals surface area contributed by atoms with Crippen LogP contribution in [0.15, 0.2) is 24.3 Å². The maximum Gasteiger partial charge on any atom is 0.122 e. The maximum absolute atomic E-state index is 5.64. The Bertz CT molecular complexity index is 328. The molecule has 0 saturated heterocycles. The van der Waals surface area contributed by atoms with Crippen molar-refractivity contribution in [3.05, 3.63) is 29.8 Å². The van der Waals surface area contributed by atoms with Gasteiger partial charge in [0.05, 0.1) is 6.61 Å². The summed E-state index contributed by atoms with van der Waals surface area (Å²) in [5.74, 6) is 3.52. The van der Waals surface area contributed by atoms with Crippen LogP contribution in [0.4, 0.5) is 0 Å². The van der Waals surface area contributed by atoms with Gasteiger partial charge in [-0.05, 0) is 31.0 Å². The summed E-state index contributed by atoms with van der Waals surface area (Å²) in [7, 11) is 0. The summed E-state index contributed by atoms with van der Waals surface area (Å²) >= 11 is 0. The Kier molecular flexibility index (Phi) is 5.35. The summed E-state index contributed by atoms with van der Waals surface area (Å²) in [6.45, 7) is 1.32. The molecule has 0 aliphatic heterocycles. The van der Waals surface area contributed by atoms with E-state index in [9.17, 15) is 0 Å². The smallest absolute Gasteiger partial charge is 0.122 e. The van der Waals surface area contributed by atoms with E-state index >= 15 is 0 Å². The molecule has 0 atom stereocenters. The largest absolute Gasteiger partial charge is 0.493 e. The van der Waals surface area contributed by atoms with Crippen molar-refractivity contribution in [1.82, 2.24) is 0 Å².